The minimum Gasteiger partial charge on any atom is -0.493 e. The number of benzene rings is 2. The van der Waals surface area contributed by atoms with Crippen LogP contribution in [0, 0.1) is 11.7 Å². The maximum atomic E-state index is 5.91. The highest BCUT2D eigenvalue weighted by molar-refractivity contribution is 7.71. The Hall–Kier alpha value is -2.93. The van der Waals surface area contributed by atoms with Crippen LogP contribution in [0.25, 0.3) is 0 Å². The first-order valence-electron chi connectivity index (χ1n) is 8.67. The summed E-state index contributed by atoms with van der Waals surface area (Å²) >= 11 is 5.20. The van der Waals surface area contributed by atoms with Crippen LogP contribution in [0.3, 0.4) is 0 Å². The lowest BCUT2D eigenvalue weighted by Gasteiger charge is -2.11. The van der Waals surface area contributed by atoms with Gasteiger partial charge in [-0.2, -0.15) is 14.9 Å². The Labute approximate surface area is 163 Å². The molecule has 6 nitrogen and oxygen atoms in total. The van der Waals surface area contributed by atoms with Gasteiger partial charge in [0.15, 0.2) is 17.3 Å². The van der Waals surface area contributed by atoms with E-state index in [1.807, 2.05) is 25.1 Å². The van der Waals surface area contributed by atoms with E-state index in [9.17, 15) is 0 Å². The third kappa shape index (κ3) is 4.62. The van der Waals surface area contributed by atoms with Crippen molar-refractivity contribution in [1.82, 2.24) is 14.9 Å². The van der Waals surface area contributed by atoms with E-state index in [4.69, 9.17) is 21.7 Å². The first-order valence-corrected chi connectivity index (χ1v) is 9.08. The smallest absolute Gasteiger partial charge is 0.216 e. The zero-order valence-electron chi connectivity index (χ0n) is 15.6. The van der Waals surface area contributed by atoms with E-state index in [2.05, 4.69) is 46.5 Å². The molecule has 3 rings (SSSR count). The Morgan fingerprint density at radius 3 is 2.67 bits per heavy atom. The molecule has 27 heavy (non-hydrogen) atoms. The van der Waals surface area contributed by atoms with Crippen molar-refractivity contribution >= 4 is 18.4 Å². The Bertz CT molecular complexity index is 990. The van der Waals surface area contributed by atoms with Crippen molar-refractivity contribution < 1.29 is 9.47 Å². The van der Waals surface area contributed by atoms with Crippen molar-refractivity contribution in [3.63, 3.8) is 0 Å². The van der Waals surface area contributed by atoms with E-state index < -0.39 is 0 Å². The minimum atomic E-state index is 0.466. The molecule has 0 saturated heterocycles. The summed E-state index contributed by atoms with van der Waals surface area (Å²) in [5.74, 6) is 2.11. The third-order valence-electron chi connectivity index (χ3n) is 4.06. The summed E-state index contributed by atoms with van der Waals surface area (Å²) in [6.45, 7) is 4.54. The second-order valence-corrected chi connectivity index (χ2v) is 6.43. The number of ether oxygens (including phenoxy) is 2. The average molecular weight is 382 g/mol. The summed E-state index contributed by atoms with van der Waals surface area (Å²) in [7, 11) is 1.62. The van der Waals surface area contributed by atoms with E-state index in [0.29, 0.717) is 22.9 Å². The Morgan fingerprint density at radius 2 is 1.96 bits per heavy atom. The van der Waals surface area contributed by atoms with Gasteiger partial charge in [-0.15, -0.1) is 0 Å². The normalized spacial score (nSPS) is 11.1. The number of aryl methyl sites for hydroxylation is 2. The lowest BCUT2D eigenvalue weighted by Crippen LogP contribution is -1.99. The molecule has 2 aromatic carbocycles. The van der Waals surface area contributed by atoms with Crippen LogP contribution < -0.4 is 9.47 Å². The topological polar surface area (TPSA) is 64.4 Å². The molecular weight excluding hydrogens is 360 g/mol. The van der Waals surface area contributed by atoms with Gasteiger partial charge >= 0.3 is 0 Å². The van der Waals surface area contributed by atoms with E-state index in [1.165, 1.54) is 5.56 Å². The second-order valence-electron chi connectivity index (χ2n) is 6.04. The summed E-state index contributed by atoms with van der Waals surface area (Å²) in [6.07, 6.45) is 2.45. The van der Waals surface area contributed by atoms with Gasteiger partial charge in [-0.1, -0.05) is 36.8 Å². The molecule has 0 spiro atoms. The van der Waals surface area contributed by atoms with Crippen LogP contribution in [0.4, 0.5) is 0 Å². The quantitative estimate of drug-likeness (QED) is 0.489. The minimum absolute atomic E-state index is 0.466. The van der Waals surface area contributed by atoms with Gasteiger partial charge in [-0.25, -0.2) is 0 Å². The summed E-state index contributed by atoms with van der Waals surface area (Å²) in [6, 6.07) is 13.9. The Morgan fingerprint density at radius 1 is 1.19 bits per heavy atom. The number of aromatic amines is 1. The van der Waals surface area contributed by atoms with Gasteiger partial charge in [0.2, 0.25) is 4.77 Å². The Balaban J connectivity index is 1.75. The fourth-order valence-corrected chi connectivity index (χ4v) is 2.72. The maximum absolute atomic E-state index is 5.91. The molecule has 0 aliphatic carbocycles. The molecule has 0 unspecified atom stereocenters. The van der Waals surface area contributed by atoms with Gasteiger partial charge in [-0.05, 0) is 48.5 Å². The van der Waals surface area contributed by atoms with Crippen LogP contribution in [-0.4, -0.2) is 28.2 Å². The number of H-pyrrole nitrogens is 1. The highest BCUT2D eigenvalue weighted by Crippen LogP contribution is 2.28. The second kappa shape index (κ2) is 8.64. The SMILES string of the molecule is CCc1n[nH]c(=S)n1/N=C\c1ccc(OCc2ccc(C)cc2)c(OC)c1. The van der Waals surface area contributed by atoms with Gasteiger partial charge in [-0.3, -0.25) is 5.10 Å². The molecule has 0 saturated carbocycles. The first-order chi connectivity index (χ1) is 13.1. The van der Waals surface area contributed by atoms with Crippen molar-refractivity contribution in [3.8, 4) is 11.5 Å². The first kappa shape index (κ1) is 18.8. The fraction of sp³-hybridized carbons (Fsp3) is 0.250. The van der Waals surface area contributed by atoms with Gasteiger partial charge in [0.05, 0.1) is 13.3 Å². The van der Waals surface area contributed by atoms with Crippen molar-refractivity contribution in [1.29, 1.82) is 0 Å². The molecule has 0 bridgehead atoms. The average Bonchev–Trinajstić information content (AvgIpc) is 3.05. The van der Waals surface area contributed by atoms with Crippen molar-refractivity contribution in [2.24, 2.45) is 5.10 Å². The van der Waals surface area contributed by atoms with Crippen LogP contribution in [0.15, 0.2) is 47.6 Å². The summed E-state index contributed by atoms with van der Waals surface area (Å²) in [5, 5.41) is 11.3. The van der Waals surface area contributed by atoms with Crippen molar-refractivity contribution in [2.45, 2.75) is 26.9 Å². The third-order valence-corrected chi connectivity index (χ3v) is 4.32. The number of aromatic nitrogens is 3. The number of hydrogen-bond acceptors (Lipinski definition) is 5. The molecule has 0 amide bonds. The molecule has 0 radical (unpaired) electrons. The van der Waals surface area contributed by atoms with Crippen molar-refractivity contribution in [2.75, 3.05) is 7.11 Å². The lowest BCUT2D eigenvalue weighted by molar-refractivity contribution is 0.284. The van der Waals surface area contributed by atoms with Crippen LogP contribution in [-0.2, 0) is 13.0 Å². The van der Waals surface area contributed by atoms with Crippen LogP contribution >= 0.6 is 12.2 Å². The molecular formula is C20H22N4O2S. The molecule has 3 aromatic rings. The van der Waals surface area contributed by atoms with E-state index in [1.54, 1.807) is 18.0 Å². The summed E-state index contributed by atoms with van der Waals surface area (Å²) < 4.78 is 13.5. The predicted octanol–water partition coefficient (Wildman–Crippen LogP) is 4.28. The number of hydrogen-bond donors (Lipinski definition) is 1. The highest BCUT2D eigenvalue weighted by atomic mass is 32.1. The fourth-order valence-electron chi connectivity index (χ4n) is 2.53. The molecule has 0 fully saturated rings. The molecule has 7 heteroatoms. The van der Waals surface area contributed by atoms with Gasteiger partial charge in [0.1, 0.15) is 6.61 Å². The van der Waals surface area contributed by atoms with E-state index in [-0.39, 0.29) is 0 Å². The lowest BCUT2D eigenvalue weighted by atomic mass is 10.2. The molecule has 0 aliphatic heterocycles. The van der Waals surface area contributed by atoms with Crippen molar-refractivity contribution in [3.05, 3.63) is 69.8 Å². The predicted molar refractivity (Wildman–Crippen MR) is 108 cm³/mol. The van der Waals surface area contributed by atoms with Gasteiger partial charge < -0.3 is 9.47 Å². The standard InChI is InChI=1S/C20H22N4O2S/c1-4-19-22-23-20(27)24(19)21-12-16-9-10-17(18(11-16)25-3)26-13-15-7-5-14(2)6-8-15/h5-12H,4,13H2,1-3H3,(H,23,27)/b21-12-. The van der Waals surface area contributed by atoms with Gasteiger partial charge in [0.25, 0.3) is 0 Å². The molecule has 0 atom stereocenters. The highest BCUT2D eigenvalue weighted by Gasteiger charge is 2.06. The summed E-state index contributed by atoms with van der Waals surface area (Å²) in [5.41, 5.74) is 3.21. The maximum Gasteiger partial charge on any atom is 0.216 e. The number of nitrogens with zero attached hydrogens (tertiary/aromatic N) is 3. The molecule has 140 valence electrons. The molecule has 1 heterocycles. The molecule has 1 N–H and O–H groups in total. The number of rotatable bonds is 7. The molecule has 1 aromatic heterocycles. The monoisotopic (exact) mass is 382 g/mol. The zero-order chi connectivity index (χ0) is 19.2. The van der Waals surface area contributed by atoms with Crippen LogP contribution in [0.1, 0.15) is 29.4 Å². The van der Waals surface area contributed by atoms with Gasteiger partial charge in [0, 0.05) is 6.42 Å². The Kier molecular flexibility index (Phi) is 6.03. The van der Waals surface area contributed by atoms with E-state index in [0.717, 1.165) is 23.4 Å². The zero-order valence-corrected chi connectivity index (χ0v) is 16.4. The van der Waals surface area contributed by atoms with E-state index >= 15 is 0 Å². The van der Waals surface area contributed by atoms with Crippen LogP contribution in [0.2, 0.25) is 0 Å². The molecule has 0 aliphatic rings. The number of methoxy groups -OCH3 is 1. The summed E-state index contributed by atoms with van der Waals surface area (Å²) in [4.78, 5) is 0. The largest absolute Gasteiger partial charge is 0.493 e. The van der Waals surface area contributed by atoms with Crippen LogP contribution in [0.5, 0.6) is 11.5 Å². The number of nitrogens with one attached hydrogen (secondary N) is 1.